The van der Waals surface area contributed by atoms with Crippen molar-refractivity contribution in [1.82, 2.24) is 15.5 Å². The largest absolute Gasteiger partial charge is 0.493 e. The van der Waals surface area contributed by atoms with Gasteiger partial charge in [0.1, 0.15) is 5.75 Å². The second-order valence-corrected chi connectivity index (χ2v) is 4.66. The van der Waals surface area contributed by atoms with Crippen molar-refractivity contribution in [2.24, 2.45) is 0 Å². The number of hydrogen-bond donors (Lipinski definition) is 1. The lowest BCUT2D eigenvalue weighted by atomic mass is 9.93. The highest BCUT2D eigenvalue weighted by atomic mass is 16.5. The molecule has 0 saturated heterocycles. The minimum absolute atomic E-state index is 0.521. The number of rotatable bonds is 5. The summed E-state index contributed by atoms with van der Waals surface area (Å²) in [5.74, 6) is 2.23. The number of nitrogens with zero attached hydrogens (tertiary/aromatic N) is 2. The average molecular weight is 259 g/mol. The Morgan fingerprint density at radius 2 is 2.26 bits per heavy atom. The lowest BCUT2D eigenvalue weighted by Crippen LogP contribution is -2.27. The van der Waals surface area contributed by atoms with E-state index in [4.69, 9.17) is 9.26 Å². The van der Waals surface area contributed by atoms with E-state index in [9.17, 15) is 0 Å². The van der Waals surface area contributed by atoms with Crippen LogP contribution >= 0.6 is 0 Å². The lowest BCUT2D eigenvalue weighted by molar-refractivity contribution is 0.264. The van der Waals surface area contributed by atoms with Crippen LogP contribution in [0.1, 0.15) is 23.8 Å². The maximum absolute atomic E-state index is 5.66. The van der Waals surface area contributed by atoms with Crippen LogP contribution in [0.4, 0.5) is 0 Å². The van der Waals surface area contributed by atoms with Crippen LogP contribution in [0.25, 0.3) is 0 Å². The lowest BCUT2D eigenvalue weighted by Gasteiger charge is -2.26. The van der Waals surface area contributed by atoms with Crippen molar-refractivity contribution >= 4 is 0 Å². The van der Waals surface area contributed by atoms with Crippen LogP contribution in [0.5, 0.6) is 5.75 Å². The van der Waals surface area contributed by atoms with Gasteiger partial charge in [0.25, 0.3) is 0 Å². The maximum atomic E-state index is 5.66. The SMILES string of the molecule is c1ccc2c(c1)OCCC2CNCCc1ncno1. The summed E-state index contributed by atoms with van der Waals surface area (Å²) in [4.78, 5) is 4.00. The number of ether oxygens (including phenoxy) is 1. The fraction of sp³-hybridized carbons (Fsp3) is 0.429. The van der Waals surface area contributed by atoms with Crippen LogP contribution in [0.15, 0.2) is 35.1 Å². The summed E-state index contributed by atoms with van der Waals surface area (Å²) in [7, 11) is 0. The van der Waals surface area contributed by atoms with Gasteiger partial charge in [0, 0.05) is 25.4 Å². The fourth-order valence-corrected chi connectivity index (χ4v) is 2.41. The summed E-state index contributed by atoms with van der Waals surface area (Å²) >= 11 is 0. The quantitative estimate of drug-likeness (QED) is 0.829. The van der Waals surface area contributed by atoms with Crippen molar-refractivity contribution in [3.63, 3.8) is 0 Å². The van der Waals surface area contributed by atoms with Crippen LogP contribution in [-0.4, -0.2) is 29.8 Å². The molecule has 0 amide bonds. The van der Waals surface area contributed by atoms with E-state index in [0.29, 0.717) is 11.8 Å². The maximum Gasteiger partial charge on any atom is 0.227 e. The molecular weight excluding hydrogens is 242 g/mol. The minimum Gasteiger partial charge on any atom is -0.493 e. The number of nitrogens with one attached hydrogen (secondary N) is 1. The predicted octanol–water partition coefficient (Wildman–Crippen LogP) is 1.77. The topological polar surface area (TPSA) is 60.2 Å². The van der Waals surface area contributed by atoms with Gasteiger partial charge in [-0.15, -0.1) is 0 Å². The first-order chi connectivity index (χ1) is 9.43. The zero-order chi connectivity index (χ0) is 12.9. The van der Waals surface area contributed by atoms with E-state index in [1.807, 2.05) is 12.1 Å². The molecule has 1 aliphatic rings. The van der Waals surface area contributed by atoms with Gasteiger partial charge in [-0.1, -0.05) is 23.4 Å². The number of aromatic nitrogens is 2. The second-order valence-electron chi connectivity index (χ2n) is 4.66. The predicted molar refractivity (Wildman–Crippen MR) is 70.2 cm³/mol. The molecule has 19 heavy (non-hydrogen) atoms. The van der Waals surface area contributed by atoms with Crippen molar-refractivity contribution in [2.45, 2.75) is 18.8 Å². The van der Waals surface area contributed by atoms with Crippen molar-refractivity contribution < 1.29 is 9.26 Å². The van der Waals surface area contributed by atoms with Crippen LogP contribution in [-0.2, 0) is 6.42 Å². The van der Waals surface area contributed by atoms with Crippen LogP contribution in [0.3, 0.4) is 0 Å². The molecule has 5 heteroatoms. The molecule has 0 bridgehead atoms. The van der Waals surface area contributed by atoms with Crippen molar-refractivity contribution in [3.05, 3.63) is 42.0 Å². The highest BCUT2D eigenvalue weighted by Crippen LogP contribution is 2.32. The molecule has 0 spiro atoms. The van der Waals surface area contributed by atoms with Gasteiger partial charge in [-0.3, -0.25) is 0 Å². The summed E-state index contributed by atoms with van der Waals surface area (Å²) in [5, 5.41) is 7.04. The zero-order valence-electron chi connectivity index (χ0n) is 10.7. The summed E-state index contributed by atoms with van der Waals surface area (Å²) in [6, 6.07) is 8.28. The van der Waals surface area contributed by atoms with Gasteiger partial charge in [-0.05, 0) is 18.1 Å². The monoisotopic (exact) mass is 259 g/mol. The van der Waals surface area contributed by atoms with Crippen LogP contribution < -0.4 is 10.1 Å². The van der Waals surface area contributed by atoms with E-state index in [2.05, 4.69) is 27.6 Å². The fourth-order valence-electron chi connectivity index (χ4n) is 2.41. The Morgan fingerprint density at radius 1 is 1.32 bits per heavy atom. The van der Waals surface area contributed by atoms with E-state index >= 15 is 0 Å². The molecule has 1 aromatic heterocycles. The molecule has 2 heterocycles. The molecule has 1 aliphatic heterocycles. The van der Waals surface area contributed by atoms with Crippen molar-refractivity contribution in [2.75, 3.05) is 19.7 Å². The van der Waals surface area contributed by atoms with Crippen LogP contribution in [0.2, 0.25) is 0 Å². The van der Waals surface area contributed by atoms with Crippen molar-refractivity contribution in [1.29, 1.82) is 0 Å². The minimum atomic E-state index is 0.521. The highest BCUT2D eigenvalue weighted by molar-refractivity contribution is 5.37. The third kappa shape index (κ3) is 2.93. The van der Waals surface area contributed by atoms with Gasteiger partial charge in [0.15, 0.2) is 6.33 Å². The number of fused-ring (bicyclic) bond motifs is 1. The van der Waals surface area contributed by atoms with Gasteiger partial charge in [0.2, 0.25) is 5.89 Å². The molecule has 1 N–H and O–H groups in total. The van der Waals surface area contributed by atoms with Crippen LogP contribution in [0, 0.1) is 0 Å². The molecule has 1 aromatic carbocycles. The van der Waals surface area contributed by atoms with E-state index in [1.54, 1.807) is 0 Å². The van der Waals surface area contributed by atoms with Gasteiger partial charge in [-0.2, -0.15) is 4.98 Å². The Kier molecular flexibility index (Phi) is 3.74. The molecule has 3 rings (SSSR count). The average Bonchev–Trinajstić information content (AvgIpc) is 2.97. The third-order valence-corrected chi connectivity index (χ3v) is 3.40. The van der Waals surface area contributed by atoms with Gasteiger partial charge < -0.3 is 14.6 Å². The third-order valence-electron chi connectivity index (χ3n) is 3.40. The van der Waals surface area contributed by atoms with E-state index in [-0.39, 0.29) is 0 Å². The first-order valence-electron chi connectivity index (χ1n) is 6.61. The smallest absolute Gasteiger partial charge is 0.227 e. The molecule has 100 valence electrons. The Bertz CT molecular complexity index is 513. The standard InChI is InChI=1S/C14H17N3O2/c1-2-4-13-12(3-1)11(6-8-18-13)9-15-7-5-14-16-10-17-19-14/h1-4,10-11,15H,5-9H2. The normalized spacial score (nSPS) is 17.8. The zero-order valence-corrected chi connectivity index (χ0v) is 10.7. The van der Waals surface area contributed by atoms with Gasteiger partial charge in [-0.25, -0.2) is 0 Å². The highest BCUT2D eigenvalue weighted by Gasteiger charge is 2.20. The Balaban J connectivity index is 1.51. The van der Waals surface area contributed by atoms with E-state index in [0.717, 1.165) is 38.3 Å². The van der Waals surface area contributed by atoms with Gasteiger partial charge in [0.05, 0.1) is 6.61 Å². The first-order valence-corrected chi connectivity index (χ1v) is 6.61. The summed E-state index contributed by atoms with van der Waals surface area (Å²) < 4.78 is 10.6. The van der Waals surface area contributed by atoms with E-state index < -0.39 is 0 Å². The molecule has 0 fully saturated rings. The molecule has 1 unspecified atom stereocenters. The molecule has 5 nitrogen and oxygen atoms in total. The Morgan fingerprint density at radius 3 is 3.16 bits per heavy atom. The first kappa shape index (κ1) is 12.2. The van der Waals surface area contributed by atoms with Crippen molar-refractivity contribution in [3.8, 4) is 5.75 Å². The molecule has 0 aliphatic carbocycles. The summed E-state index contributed by atoms with van der Waals surface area (Å²) in [5.41, 5.74) is 1.30. The number of benzene rings is 1. The Labute approximate surface area is 112 Å². The molecule has 1 atom stereocenters. The van der Waals surface area contributed by atoms with E-state index in [1.165, 1.54) is 11.9 Å². The molecule has 2 aromatic rings. The molecular formula is C14H17N3O2. The number of para-hydroxylation sites is 1. The Hall–Kier alpha value is -1.88. The molecule has 0 saturated carbocycles. The number of hydrogen-bond acceptors (Lipinski definition) is 5. The molecule has 0 radical (unpaired) electrons. The summed E-state index contributed by atoms with van der Waals surface area (Å²) in [6.45, 7) is 2.60. The summed E-state index contributed by atoms with van der Waals surface area (Å²) in [6.07, 6.45) is 3.26. The van der Waals surface area contributed by atoms with Gasteiger partial charge >= 0.3 is 0 Å². The second kappa shape index (κ2) is 5.84.